The zero-order valence-electron chi connectivity index (χ0n) is 17.3. The van der Waals surface area contributed by atoms with Crippen LogP contribution in [0.15, 0.2) is 24.3 Å². The Hall–Kier alpha value is -1.75. The Morgan fingerprint density at radius 1 is 1.22 bits per heavy atom. The first-order valence-electron chi connectivity index (χ1n) is 10.5. The monoisotopic (exact) mass is 374 g/mol. The van der Waals surface area contributed by atoms with Crippen molar-refractivity contribution >= 4 is 11.6 Å². The fraction of sp³-hybridized carbons (Fsp3) is 0.682. The van der Waals surface area contributed by atoms with E-state index in [1.54, 1.807) is 7.11 Å². The summed E-state index contributed by atoms with van der Waals surface area (Å²) in [4.78, 5) is 16.6. The maximum absolute atomic E-state index is 12.8. The average Bonchev–Trinajstić information content (AvgIpc) is 2.71. The van der Waals surface area contributed by atoms with Crippen molar-refractivity contribution in [2.24, 2.45) is 11.8 Å². The first-order valence-corrected chi connectivity index (χ1v) is 10.5. The first kappa shape index (κ1) is 20.0. The molecule has 2 N–H and O–H groups in total. The van der Waals surface area contributed by atoms with Gasteiger partial charge in [-0.05, 0) is 37.3 Å². The van der Waals surface area contributed by atoms with Gasteiger partial charge in [0, 0.05) is 6.04 Å². The van der Waals surface area contributed by atoms with Gasteiger partial charge in [-0.3, -0.25) is 4.79 Å². The third kappa shape index (κ3) is 4.57. The number of ether oxygens (including phenoxy) is 1. The van der Waals surface area contributed by atoms with E-state index in [1.807, 2.05) is 12.1 Å². The average molecular weight is 375 g/mol. The summed E-state index contributed by atoms with van der Waals surface area (Å²) in [6.45, 7) is 10.5. The highest BCUT2D eigenvalue weighted by atomic mass is 16.5. The van der Waals surface area contributed by atoms with E-state index in [4.69, 9.17) is 4.74 Å². The van der Waals surface area contributed by atoms with E-state index in [2.05, 4.69) is 43.1 Å². The predicted octanol–water partition coefficient (Wildman–Crippen LogP) is 1.73. The minimum atomic E-state index is 0.00857. The molecule has 4 atom stereocenters. The topological polar surface area (TPSA) is 46.0 Å². The summed E-state index contributed by atoms with van der Waals surface area (Å²) in [5, 5.41) is 3.36. The van der Waals surface area contributed by atoms with Crippen LogP contribution < -0.4 is 19.9 Å². The number of piperazine rings is 1. The second kappa shape index (κ2) is 8.96. The lowest BCUT2D eigenvalue weighted by Gasteiger charge is -2.38. The molecule has 0 unspecified atom stereocenters. The van der Waals surface area contributed by atoms with Crippen LogP contribution in [-0.2, 0) is 4.79 Å². The van der Waals surface area contributed by atoms with Crippen LogP contribution in [0.2, 0.25) is 0 Å². The molecule has 150 valence electrons. The molecular formula is C22H36N3O2+. The van der Waals surface area contributed by atoms with Crippen molar-refractivity contribution < 1.29 is 14.4 Å². The number of carbonyl (C=O) groups is 1. The third-order valence-corrected chi connectivity index (χ3v) is 6.87. The van der Waals surface area contributed by atoms with Crippen LogP contribution in [0.1, 0.15) is 40.0 Å². The van der Waals surface area contributed by atoms with Crippen molar-refractivity contribution in [1.29, 1.82) is 0 Å². The van der Waals surface area contributed by atoms with Crippen LogP contribution in [0, 0.1) is 11.8 Å². The summed E-state index contributed by atoms with van der Waals surface area (Å²) in [6, 6.07) is 8.54. The summed E-state index contributed by atoms with van der Waals surface area (Å²) < 4.78 is 5.50. The molecule has 1 saturated heterocycles. The van der Waals surface area contributed by atoms with Gasteiger partial charge in [0.05, 0.1) is 39.0 Å². The van der Waals surface area contributed by atoms with Crippen molar-refractivity contribution in [1.82, 2.24) is 5.32 Å². The minimum absolute atomic E-state index is 0.00857. The molecule has 0 bridgehead atoms. The molecule has 1 aliphatic carbocycles. The molecule has 0 spiro atoms. The fourth-order valence-electron chi connectivity index (χ4n) is 4.64. The smallest absolute Gasteiger partial charge is 0.278 e. The number of quaternary nitrogens is 1. The van der Waals surface area contributed by atoms with Gasteiger partial charge in [0.25, 0.3) is 5.91 Å². The Balaban J connectivity index is 1.53. The Labute approximate surface area is 164 Å². The summed E-state index contributed by atoms with van der Waals surface area (Å²) in [5.41, 5.74) is 1.15. The quantitative estimate of drug-likeness (QED) is 0.825. The highest BCUT2D eigenvalue weighted by molar-refractivity contribution is 5.80. The van der Waals surface area contributed by atoms with E-state index >= 15 is 0 Å². The van der Waals surface area contributed by atoms with Crippen molar-refractivity contribution in [2.75, 3.05) is 38.2 Å². The molecule has 0 aromatic heterocycles. The van der Waals surface area contributed by atoms with Crippen LogP contribution in [0.5, 0.6) is 5.75 Å². The number of hydrogen-bond donors (Lipinski definition) is 2. The summed E-state index contributed by atoms with van der Waals surface area (Å²) in [6.07, 6.45) is 3.65. The number of methoxy groups -OCH3 is 1. The second-order valence-corrected chi connectivity index (χ2v) is 8.42. The second-order valence-electron chi connectivity index (χ2n) is 8.42. The summed E-state index contributed by atoms with van der Waals surface area (Å²) >= 11 is 0. The van der Waals surface area contributed by atoms with Crippen molar-refractivity contribution in [3.05, 3.63) is 24.3 Å². The number of nitrogens with one attached hydrogen (secondary N) is 2. The van der Waals surface area contributed by atoms with E-state index < -0.39 is 0 Å². The maximum Gasteiger partial charge on any atom is 0.278 e. The Morgan fingerprint density at radius 2 is 1.93 bits per heavy atom. The molecule has 2 aliphatic rings. The lowest BCUT2D eigenvalue weighted by Crippen LogP contribution is -3.19. The van der Waals surface area contributed by atoms with Gasteiger partial charge in [0.1, 0.15) is 5.75 Å². The SMILES string of the molecule is COc1ccccc1N1CC[NH+]([C@H](C)C(=O)N[C@@H]2CCC[C@H](C)[C@H]2C)CC1. The van der Waals surface area contributed by atoms with Crippen LogP contribution >= 0.6 is 0 Å². The zero-order valence-corrected chi connectivity index (χ0v) is 17.3. The predicted molar refractivity (Wildman–Crippen MR) is 109 cm³/mol. The van der Waals surface area contributed by atoms with Crippen LogP contribution in [0.25, 0.3) is 0 Å². The number of carbonyl (C=O) groups excluding carboxylic acids is 1. The summed E-state index contributed by atoms with van der Waals surface area (Å²) in [7, 11) is 1.72. The van der Waals surface area contributed by atoms with Gasteiger partial charge < -0.3 is 19.9 Å². The van der Waals surface area contributed by atoms with E-state index in [0.29, 0.717) is 17.9 Å². The van der Waals surface area contributed by atoms with Crippen LogP contribution in [-0.4, -0.2) is 51.3 Å². The largest absolute Gasteiger partial charge is 0.495 e. The van der Waals surface area contributed by atoms with E-state index in [9.17, 15) is 4.79 Å². The van der Waals surface area contributed by atoms with Gasteiger partial charge in [-0.1, -0.05) is 38.8 Å². The number of para-hydroxylation sites is 2. The van der Waals surface area contributed by atoms with Crippen LogP contribution in [0.3, 0.4) is 0 Å². The minimum Gasteiger partial charge on any atom is -0.495 e. The number of rotatable bonds is 5. The summed E-state index contributed by atoms with van der Waals surface area (Å²) in [5.74, 6) is 2.43. The third-order valence-electron chi connectivity index (χ3n) is 6.87. The molecule has 27 heavy (non-hydrogen) atoms. The van der Waals surface area contributed by atoms with Gasteiger partial charge in [0.15, 0.2) is 6.04 Å². The van der Waals surface area contributed by atoms with Crippen molar-refractivity contribution in [3.63, 3.8) is 0 Å². The molecule has 5 nitrogen and oxygen atoms in total. The molecule has 1 aromatic rings. The van der Waals surface area contributed by atoms with E-state index in [-0.39, 0.29) is 11.9 Å². The molecule has 5 heteroatoms. The lowest BCUT2D eigenvalue weighted by atomic mass is 9.78. The Bertz CT molecular complexity index is 628. The van der Waals surface area contributed by atoms with Crippen molar-refractivity contribution in [3.8, 4) is 5.75 Å². The Kier molecular flexibility index (Phi) is 6.64. The van der Waals surface area contributed by atoms with Gasteiger partial charge >= 0.3 is 0 Å². The normalized spacial score (nSPS) is 27.9. The molecule has 1 saturated carbocycles. The number of nitrogens with zero attached hydrogens (tertiary/aromatic N) is 1. The van der Waals surface area contributed by atoms with Gasteiger partial charge in [-0.25, -0.2) is 0 Å². The molecule has 3 rings (SSSR count). The highest BCUT2D eigenvalue weighted by Crippen LogP contribution is 2.29. The van der Waals surface area contributed by atoms with E-state index in [1.165, 1.54) is 17.7 Å². The van der Waals surface area contributed by atoms with Crippen LogP contribution in [0.4, 0.5) is 5.69 Å². The van der Waals surface area contributed by atoms with E-state index in [0.717, 1.165) is 44.0 Å². The lowest BCUT2D eigenvalue weighted by molar-refractivity contribution is -0.914. The standard InChI is InChI=1S/C22H35N3O2/c1-16-8-7-9-19(17(16)2)23-22(26)18(3)24-12-14-25(15-13-24)20-10-5-6-11-21(20)27-4/h5-6,10-11,16-19H,7-9,12-15H2,1-4H3,(H,23,26)/p+1/t16-,17+,18+,19+/m0/s1. The number of benzene rings is 1. The highest BCUT2D eigenvalue weighted by Gasteiger charge is 2.33. The molecule has 1 aromatic carbocycles. The fourth-order valence-corrected chi connectivity index (χ4v) is 4.64. The molecule has 0 radical (unpaired) electrons. The Morgan fingerprint density at radius 3 is 2.63 bits per heavy atom. The van der Waals surface area contributed by atoms with Crippen molar-refractivity contribution in [2.45, 2.75) is 52.1 Å². The van der Waals surface area contributed by atoms with Gasteiger partial charge in [-0.15, -0.1) is 0 Å². The molecule has 2 fully saturated rings. The molecule has 1 heterocycles. The van der Waals surface area contributed by atoms with Gasteiger partial charge in [0.2, 0.25) is 0 Å². The number of hydrogen-bond acceptors (Lipinski definition) is 3. The number of anilines is 1. The zero-order chi connectivity index (χ0) is 19.4. The molecular weight excluding hydrogens is 338 g/mol. The maximum atomic E-state index is 12.8. The number of amides is 1. The molecule has 1 aliphatic heterocycles. The first-order chi connectivity index (χ1) is 13.0. The van der Waals surface area contributed by atoms with Gasteiger partial charge in [-0.2, -0.15) is 0 Å². The molecule has 1 amide bonds.